The number of carbonyl (C=O) groups is 3. The van der Waals surface area contributed by atoms with Crippen molar-refractivity contribution < 1.29 is 28.6 Å². The van der Waals surface area contributed by atoms with Gasteiger partial charge in [0.05, 0.1) is 6.42 Å². The van der Waals surface area contributed by atoms with Crippen molar-refractivity contribution in [2.75, 3.05) is 0 Å². The summed E-state index contributed by atoms with van der Waals surface area (Å²) in [6, 6.07) is 3.72. The maximum atomic E-state index is 13.6. The van der Waals surface area contributed by atoms with Crippen LogP contribution < -0.4 is 10.1 Å². The number of piperidine rings is 1. The molecule has 1 aliphatic heterocycles. The fraction of sp³-hybridized carbons (Fsp3) is 0.308. The van der Waals surface area contributed by atoms with E-state index < -0.39 is 30.2 Å². The summed E-state index contributed by atoms with van der Waals surface area (Å²) in [5.74, 6) is -2.65. The molecular weight excluding hydrogens is 269 g/mol. The topological polar surface area (TPSA) is 92.7 Å². The zero-order valence-corrected chi connectivity index (χ0v) is 10.4. The molecule has 2 N–H and O–H groups in total. The molecule has 2 amide bonds. The van der Waals surface area contributed by atoms with Crippen LogP contribution in [0.15, 0.2) is 18.2 Å². The van der Waals surface area contributed by atoms with Crippen molar-refractivity contribution in [3.05, 3.63) is 29.6 Å². The van der Waals surface area contributed by atoms with E-state index in [2.05, 4.69) is 5.32 Å². The molecule has 0 bridgehead atoms. The lowest BCUT2D eigenvalue weighted by Gasteiger charge is -2.22. The van der Waals surface area contributed by atoms with Crippen LogP contribution in [0, 0.1) is 5.82 Å². The molecule has 0 unspecified atom stereocenters. The quantitative estimate of drug-likeness (QED) is 0.790. The number of aliphatic carboxylic acids is 1. The Balaban J connectivity index is 2.07. The van der Waals surface area contributed by atoms with E-state index in [1.807, 2.05) is 0 Å². The van der Waals surface area contributed by atoms with Gasteiger partial charge in [-0.2, -0.15) is 0 Å². The lowest BCUT2D eigenvalue weighted by atomic mass is 10.1. The maximum absolute atomic E-state index is 13.6. The van der Waals surface area contributed by atoms with Crippen LogP contribution in [0.25, 0.3) is 0 Å². The van der Waals surface area contributed by atoms with Gasteiger partial charge in [-0.25, -0.2) is 4.39 Å². The van der Waals surface area contributed by atoms with E-state index in [1.54, 1.807) is 0 Å². The zero-order valence-electron chi connectivity index (χ0n) is 10.4. The van der Waals surface area contributed by atoms with Crippen LogP contribution in [0.2, 0.25) is 0 Å². The monoisotopic (exact) mass is 281 g/mol. The minimum atomic E-state index is -1.14. The lowest BCUT2D eigenvalue weighted by Crippen LogP contribution is -2.46. The molecule has 0 radical (unpaired) electrons. The minimum absolute atomic E-state index is 0.0353. The number of hydrogen-bond acceptors (Lipinski definition) is 4. The molecule has 0 saturated carbocycles. The minimum Gasteiger partial charge on any atom is -0.481 e. The number of halogens is 1. The summed E-state index contributed by atoms with van der Waals surface area (Å²) >= 11 is 0. The van der Waals surface area contributed by atoms with Crippen LogP contribution in [-0.2, 0) is 20.8 Å². The third-order valence-electron chi connectivity index (χ3n) is 2.83. The summed E-state index contributed by atoms with van der Waals surface area (Å²) < 4.78 is 18.9. The molecule has 0 aliphatic carbocycles. The Bertz CT molecular complexity index is 572. The van der Waals surface area contributed by atoms with Crippen molar-refractivity contribution in [1.29, 1.82) is 0 Å². The Hall–Kier alpha value is -2.44. The number of hydrogen-bond donors (Lipinski definition) is 2. The number of imide groups is 1. The smallest absolute Gasteiger partial charge is 0.307 e. The predicted octanol–water partition coefficient (Wildman–Crippen LogP) is 0.637. The Labute approximate surface area is 113 Å². The first-order chi connectivity index (χ1) is 9.45. The third kappa shape index (κ3) is 3.31. The van der Waals surface area contributed by atoms with Gasteiger partial charge >= 0.3 is 5.97 Å². The summed E-state index contributed by atoms with van der Waals surface area (Å²) in [4.78, 5) is 33.0. The molecule has 106 valence electrons. The van der Waals surface area contributed by atoms with E-state index in [9.17, 15) is 18.8 Å². The molecule has 0 spiro atoms. The van der Waals surface area contributed by atoms with Crippen LogP contribution in [-0.4, -0.2) is 29.0 Å². The van der Waals surface area contributed by atoms with E-state index >= 15 is 0 Å². The summed E-state index contributed by atoms with van der Waals surface area (Å²) in [6.07, 6.45) is -0.888. The highest BCUT2D eigenvalue weighted by atomic mass is 19.1. The first-order valence-corrected chi connectivity index (χ1v) is 5.96. The van der Waals surface area contributed by atoms with Gasteiger partial charge in [0, 0.05) is 18.9 Å². The Morgan fingerprint density at radius 3 is 2.80 bits per heavy atom. The lowest BCUT2D eigenvalue weighted by molar-refractivity contribution is -0.139. The molecule has 6 nitrogen and oxygen atoms in total. The first-order valence-electron chi connectivity index (χ1n) is 5.96. The molecule has 1 aliphatic rings. The average Bonchev–Trinajstić information content (AvgIpc) is 2.36. The van der Waals surface area contributed by atoms with Crippen LogP contribution in [0.4, 0.5) is 4.39 Å². The normalized spacial score (nSPS) is 18.6. The molecule has 1 fully saturated rings. The third-order valence-corrected chi connectivity index (χ3v) is 2.83. The predicted molar refractivity (Wildman–Crippen MR) is 64.5 cm³/mol. The SMILES string of the molecule is O=C(O)Cc1ccc(O[C@@H]2CCC(=O)NC2=O)cc1F. The number of carbonyl (C=O) groups excluding carboxylic acids is 2. The number of amides is 2. The highest BCUT2D eigenvalue weighted by Crippen LogP contribution is 2.20. The fourth-order valence-corrected chi connectivity index (χ4v) is 1.86. The van der Waals surface area contributed by atoms with E-state index in [1.165, 1.54) is 12.1 Å². The van der Waals surface area contributed by atoms with Crippen LogP contribution in [0.3, 0.4) is 0 Å². The van der Waals surface area contributed by atoms with Gasteiger partial charge < -0.3 is 9.84 Å². The van der Waals surface area contributed by atoms with E-state index in [0.29, 0.717) is 0 Å². The maximum Gasteiger partial charge on any atom is 0.307 e. The average molecular weight is 281 g/mol. The van der Waals surface area contributed by atoms with Crippen LogP contribution in [0.5, 0.6) is 5.75 Å². The largest absolute Gasteiger partial charge is 0.481 e. The molecule has 20 heavy (non-hydrogen) atoms. The number of benzene rings is 1. The van der Waals surface area contributed by atoms with E-state index in [-0.39, 0.29) is 30.1 Å². The summed E-state index contributed by atoms with van der Waals surface area (Å²) in [5.41, 5.74) is 0.0353. The van der Waals surface area contributed by atoms with Gasteiger partial charge in [0.15, 0.2) is 6.10 Å². The van der Waals surface area contributed by atoms with Gasteiger partial charge in [-0.3, -0.25) is 19.7 Å². The van der Waals surface area contributed by atoms with Crippen molar-refractivity contribution >= 4 is 17.8 Å². The summed E-state index contributed by atoms with van der Waals surface area (Å²) in [5, 5.41) is 10.7. The molecule has 7 heteroatoms. The van der Waals surface area contributed by atoms with Crippen molar-refractivity contribution in [2.24, 2.45) is 0 Å². The molecule has 1 atom stereocenters. The van der Waals surface area contributed by atoms with Gasteiger partial charge in [0.25, 0.3) is 5.91 Å². The molecule has 0 aromatic heterocycles. The number of carboxylic acids is 1. The van der Waals surface area contributed by atoms with Crippen molar-refractivity contribution in [3.8, 4) is 5.75 Å². The number of rotatable bonds is 4. The van der Waals surface area contributed by atoms with Gasteiger partial charge in [-0.15, -0.1) is 0 Å². The molecule has 2 rings (SSSR count). The number of nitrogens with one attached hydrogen (secondary N) is 1. The molecule has 1 aromatic carbocycles. The van der Waals surface area contributed by atoms with Crippen LogP contribution >= 0.6 is 0 Å². The fourth-order valence-electron chi connectivity index (χ4n) is 1.86. The molecular formula is C13H12FNO5. The van der Waals surface area contributed by atoms with Gasteiger partial charge in [-0.1, -0.05) is 6.07 Å². The van der Waals surface area contributed by atoms with Crippen LogP contribution in [0.1, 0.15) is 18.4 Å². The van der Waals surface area contributed by atoms with Gasteiger partial charge in [0.2, 0.25) is 5.91 Å². The van der Waals surface area contributed by atoms with Gasteiger partial charge in [0.1, 0.15) is 11.6 Å². The molecule has 1 saturated heterocycles. The second-order valence-electron chi connectivity index (χ2n) is 4.38. The number of ether oxygens (including phenoxy) is 1. The molecule has 1 aromatic rings. The Morgan fingerprint density at radius 2 is 2.20 bits per heavy atom. The van der Waals surface area contributed by atoms with Crippen molar-refractivity contribution in [3.63, 3.8) is 0 Å². The second kappa shape index (κ2) is 5.68. The Kier molecular flexibility index (Phi) is 3.97. The summed E-state index contributed by atoms with van der Waals surface area (Å²) in [7, 11) is 0. The highest BCUT2D eigenvalue weighted by molar-refractivity contribution is 5.99. The standard InChI is InChI=1S/C13H12FNO5/c14-9-6-8(2-1-7(9)5-12(17)18)20-10-3-4-11(16)15-13(10)19/h1-2,6,10H,3-5H2,(H,17,18)(H,15,16,19)/t10-/m1/s1. The van der Waals surface area contributed by atoms with Crippen molar-refractivity contribution in [2.45, 2.75) is 25.4 Å². The van der Waals surface area contributed by atoms with Gasteiger partial charge in [-0.05, 0) is 11.6 Å². The van der Waals surface area contributed by atoms with E-state index in [0.717, 1.165) is 6.07 Å². The Morgan fingerprint density at radius 1 is 1.45 bits per heavy atom. The first kappa shape index (κ1) is 14.0. The second-order valence-corrected chi connectivity index (χ2v) is 4.38. The highest BCUT2D eigenvalue weighted by Gasteiger charge is 2.28. The number of carboxylic acid groups (broad SMARTS) is 1. The van der Waals surface area contributed by atoms with E-state index in [4.69, 9.17) is 9.84 Å². The van der Waals surface area contributed by atoms with Crippen molar-refractivity contribution in [1.82, 2.24) is 5.32 Å². The summed E-state index contributed by atoms with van der Waals surface area (Å²) in [6.45, 7) is 0. The molecule has 1 heterocycles. The zero-order chi connectivity index (χ0) is 14.7.